The number of ether oxygens (including phenoxy) is 1. The molecule has 0 amide bonds. The van der Waals surface area contributed by atoms with Crippen LogP contribution in [-0.2, 0) is 4.74 Å². The first kappa shape index (κ1) is 14.7. The molecule has 0 saturated heterocycles. The number of esters is 1. The van der Waals surface area contributed by atoms with Gasteiger partial charge in [0, 0.05) is 0 Å². The number of pyridine rings is 1. The molecule has 0 bridgehead atoms. The first-order valence-corrected chi connectivity index (χ1v) is 6.16. The van der Waals surface area contributed by atoms with Gasteiger partial charge in [-0.25, -0.2) is 18.6 Å². The molecule has 2 rings (SSSR count). The third-order valence-electron chi connectivity index (χ3n) is 2.64. The van der Waals surface area contributed by atoms with Crippen LogP contribution in [0.2, 0.25) is 0 Å². The highest BCUT2D eigenvalue weighted by Gasteiger charge is 2.14. The van der Waals surface area contributed by atoms with Gasteiger partial charge in [-0.1, -0.05) is 6.07 Å². The third-order valence-corrected chi connectivity index (χ3v) is 2.64. The first-order valence-electron chi connectivity index (χ1n) is 6.16. The zero-order chi connectivity index (χ0) is 15.4. The lowest BCUT2D eigenvalue weighted by Crippen LogP contribution is -2.09. The van der Waals surface area contributed by atoms with Crippen LogP contribution in [0.1, 0.15) is 17.3 Å². The molecule has 0 aliphatic rings. The number of nitrogen functional groups attached to an aromatic ring is 1. The van der Waals surface area contributed by atoms with Gasteiger partial charge < -0.3 is 15.8 Å². The molecule has 1 aromatic heterocycles. The fourth-order valence-electron chi connectivity index (χ4n) is 1.66. The van der Waals surface area contributed by atoms with Crippen molar-refractivity contribution in [1.29, 1.82) is 0 Å². The normalized spacial score (nSPS) is 10.2. The topological polar surface area (TPSA) is 77.2 Å². The summed E-state index contributed by atoms with van der Waals surface area (Å²) in [6.07, 6.45) is 1.24. The molecule has 7 heteroatoms. The van der Waals surface area contributed by atoms with Gasteiger partial charge in [0.05, 0.1) is 29.7 Å². The van der Waals surface area contributed by atoms with Crippen LogP contribution in [0.5, 0.6) is 0 Å². The summed E-state index contributed by atoms with van der Waals surface area (Å²) in [6.45, 7) is 1.86. The van der Waals surface area contributed by atoms with Gasteiger partial charge in [-0.2, -0.15) is 0 Å². The number of halogens is 2. The van der Waals surface area contributed by atoms with E-state index in [0.717, 1.165) is 6.07 Å². The van der Waals surface area contributed by atoms with Gasteiger partial charge in [-0.3, -0.25) is 0 Å². The Labute approximate surface area is 119 Å². The van der Waals surface area contributed by atoms with Crippen LogP contribution < -0.4 is 11.1 Å². The second kappa shape index (κ2) is 6.17. The maximum absolute atomic E-state index is 13.6. The predicted molar refractivity (Wildman–Crippen MR) is 74.2 cm³/mol. The van der Waals surface area contributed by atoms with Crippen molar-refractivity contribution in [2.24, 2.45) is 0 Å². The van der Waals surface area contributed by atoms with E-state index in [0.29, 0.717) is 0 Å². The van der Waals surface area contributed by atoms with Gasteiger partial charge >= 0.3 is 5.97 Å². The molecule has 0 unspecified atom stereocenters. The zero-order valence-corrected chi connectivity index (χ0v) is 11.2. The van der Waals surface area contributed by atoms with E-state index in [1.165, 1.54) is 24.4 Å². The maximum atomic E-state index is 13.6. The summed E-state index contributed by atoms with van der Waals surface area (Å²) in [4.78, 5) is 15.6. The van der Waals surface area contributed by atoms with Crippen LogP contribution in [0.4, 0.5) is 26.0 Å². The number of carbonyl (C=O) groups excluding carboxylic acids is 1. The summed E-state index contributed by atoms with van der Waals surface area (Å²) < 4.78 is 31.5. The molecule has 21 heavy (non-hydrogen) atoms. The van der Waals surface area contributed by atoms with E-state index in [1.54, 1.807) is 6.92 Å². The molecule has 0 aliphatic carbocycles. The van der Waals surface area contributed by atoms with Crippen molar-refractivity contribution < 1.29 is 18.3 Å². The standard InChI is InChI=1S/C14H13F2N3O2/c1-2-21-14(20)8-6-12(18-7-10(8)17)19-11-5-3-4-9(15)13(11)16/h3-7H,2,17H2,1H3,(H,18,19). The predicted octanol–water partition coefficient (Wildman–Crippen LogP) is 2.86. The number of rotatable bonds is 4. The highest BCUT2D eigenvalue weighted by Crippen LogP contribution is 2.23. The fraction of sp³-hybridized carbons (Fsp3) is 0.143. The van der Waals surface area contributed by atoms with Gasteiger partial charge in [0.25, 0.3) is 0 Å². The van der Waals surface area contributed by atoms with E-state index in [4.69, 9.17) is 10.5 Å². The lowest BCUT2D eigenvalue weighted by molar-refractivity contribution is 0.0527. The summed E-state index contributed by atoms with van der Waals surface area (Å²) in [7, 11) is 0. The van der Waals surface area contributed by atoms with E-state index < -0.39 is 17.6 Å². The number of nitrogens with two attached hydrogens (primary N) is 1. The Morgan fingerprint density at radius 2 is 2.19 bits per heavy atom. The minimum Gasteiger partial charge on any atom is -0.462 e. The van der Waals surface area contributed by atoms with E-state index >= 15 is 0 Å². The van der Waals surface area contributed by atoms with Gasteiger partial charge in [0.1, 0.15) is 5.82 Å². The number of aromatic nitrogens is 1. The summed E-state index contributed by atoms with van der Waals surface area (Å²) in [5.74, 6) is -2.48. The monoisotopic (exact) mass is 293 g/mol. The molecule has 1 aromatic carbocycles. The summed E-state index contributed by atoms with van der Waals surface area (Å²) in [6, 6.07) is 5.02. The van der Waals surface area contributed by atoms with Crippen molar-refractivity contribution in [2.45, 2.75) is 6.92 Å². The van der Waals surface area contributed by atoms with Crippen molar-refractivity contribution in [3.8, 4) is 0 Å². The van der Waals surface area contributed by atoms with Crippen LogP contribution in [-0.4, -0.2) is 17.6 Å². The first-order chi connectivity index (χ1) is 10.0. The largest absolute Gasteiger partial charge is 0.462 e. The molecule has 5 nitrogen and oxygen atoms in total. The molecule has 3 N–H and O–H groups in total. The van der Waals surface area contributed by atoms with Gasteiger partial charge in [-0.05, 0) is 25.1 Å². The molecule has 2 aromatic rings. The van der Waals surface area contributed by atoms with Gasteiger partial charge in [0.2, 0.25) is 0 Å². The zero-order valence-electron chi connectivity index (χ0n) is 11.2. The van der Waals surface area contributed by atoms with Crippen molar-refractivity contribution in [3.05, 3.63) is 47.7 Å². The smallest absolute Gasteiger partial charge is 0.340 e. The quantitative estimate of drug-likeness (QED) is 0.848. The van der Waals surface area contributed by atoms with E-state index in [9.17, 15) is 13.6 Å². The molecule has 0 spiro atoms. The molecular formula is C14H13F2N3O2. The highest BCUT2D eigenvalue weighted by atomic mass is 19.2. The minimum atomic E-state index is -1.03. The summed E-state index contributed by atoms with van der Waals surface area (Å²) >= 11 is 0. The lowest BCUT2D eigenvalue weighted by Gasteiger charge is -2.10. The van der Waals surface area contributed by atoms with E-state index in [-0.39, 0.29) is 29.4 Å². The Bertz CT molecular complexity index is 677. The average molecular weight is 293 g/mol. The minimum absolute atomic E-state index is 0.0953. The van der Waals surface area contributed by atoms with E-state index in [2.05, 4.69) is 10.3 Å². The molecular weight excluding hydrogens is 280 g/mol. The maximum Gasteiger partial charge on any atom is 0.340 e. The average Bonchev–Trinajstić information content (AvgIpc) is 2.46. The van der Waals surface area contributed by atoms with Crippen molar-refractivity contribution in [3.63, 3.8) is 0 Å². The number of benzene rings is 1. The molecule has 0 fully saturated rings. The van der Waals surface area contributed by atoms with Crippen LogP contribution in [0.15, 0.2) is 30.5 Å². The molecule has 0 radical (unpaired) electrons. The number of nitrogens with zero attached hydrogens (tertiary/aromatic N) is 1. The molecule has 0 atom stereocenters. The van der Waals surface area contributed by atoms with Gasteiger partial charge in [-0.15, -0.1) is 0 Å². The number of nitrogens with one attached hydrogen (secondary N) is 1. The van der Waals surface area contributed by atoms with Crippen molar-refractivity contribution >= 4 is 23.2 Å². The lowest BCUT2D eigenvalue weighted by atomic mass is 10.2. The Balaban J connectivity index is 2.31. The fourth-order valence-corrected chi connectivity index (χ4v) is 1.66. The van der Waals surface area contributed by atoms with Crippen LogP contribution in [0, 0.1) is 11.6 Å². The molecule has 0 saturated carbocycles. The second-order valence-corrected chi connectivity index (χ2v) is 4.10. The molecule has 110 valence electrons. The van der Waals surface area contributed by atoms with Crippen molar-refractivity contribution in [2.75, 3.05) is 17.7 Å². The number of carbonyl (C=O) groups is 1. The van der Waals surface area contributed by atoms with Gasteiger partial charge in [0.15, 0.2) is 11.6 Å². The Morgan fingerprint density at radius 3 is 2.90 bits per heavy atom. The SMILES string of the molecule is CCOC(=O)c1cc(Nc2cccc(F)c2F)ncc1N. The summed E-state index contributed by atoms with van der Waals surface area (Å²) in [5.41, 5.74) is 5.79. The van der Waals surface area contributed by atoms with E-state index in [1.807, 2.05) is 0 Å². The Hall–Kier alpha value is -2.70. The van der Waals surface area contributed by atoms with Crippen molar-refractivity contribution in [1.82, 2.24) is 4.98 Å². The molecule has 0 aliphatic heterocycles. The Kier molecular flexibility index (Phi) is 4.32. The number of hydrogen-bond donors (Lipinski definition) is 2. The van der Waals surface area contributed by atoms with Crippen LogP contribution in [0.3, 0.4) is 0 Å². The Morgan fingerprint density at radius 1 is 1.43 bits per heavy atom. The summed E-state index contributed by atoms with van der Waals surface area (Å²) in [5, 5.41) is 2.59. The second-order valence-electron chi connectivity index (χ2n) is 4.10. The number of hydrogen-bond acceptors (Lipinski definition) is 5. The number of anilines is 3. The third kappa shape index (κ3) is 3.25. The van der Waals surface area contributed by atoms with Crippen LogP contribution >= 0.6 is 0 Å². The highest BCUT2D eigenvalue weighted by molar-refractivity contribution is 5.95. The van der Waals surface area contributed by atoms with Crippen LogP contribution in [0.25, 0.3) is 0 Å². The molecule has 1 heterocycles.